The van der Waals surface area contributed by atoms with Crippen LogP contribution in [0, 0.1) is 13.8 Å². The van der Waals surface area contributed by atoms with Gasteiger partial charge in [-0.05, 0) is 48.1 Å². The summed E-state index contributed by atoms with van der Waals surface area (Å²) in [6.07, 6.45) is 0.949. The van der Waals surface area contributed by atoms with Crippen LogP contribution in [0.5, 0.6) is 5.75 Å². The number of aryl methyl sites for hydroxylation is 1. The molecule has 0 spiro atoms. The Hall–Kier alpha value is -1.76. The van der Waals surface area contributed by atoms with Crippen molar-refractivity contribution in [1.29, 1.82) is 0 Å². The van der Waals surface area contributed by atoms with E-state index in [1.54, 1.807) is 0 Å². The predicted octanol–water partition coefficient (Wildman–Crippen LogP) is 4.92. The molecule has 0 aliphatic carbocycles. The molecule has 2 aromatic carbocycles. The van der Waals surface area contributed by atoms with Gasteiger partial charge < -0.3 is 4.74 Å². The Kier molecular flexibility index (Phi) is 3.29. The summed E-state index contributed by atoms with van der Waals surface area (Å²) in [5.41, 5.74) is 6.44. The molecule has 1 heteroatoms. The standard InChI is InChI=1S/C19H21O/c1-12(2)15-10-16-9-14(4)20-19(16)18(11-15)17-8-6-5-7-13(17)3/h5-8,10-12,14H,4,9H2,1-3H3. The lowest BCUT2D eigenvalue weighted by atomic mass is 9.91. The molecule has 0 saturated heterocycles. The summed E-state index contributed by atoms with van der Waals surface area (Å²) in [6, 6.07) is 13.1. The van der Waals surface area contributed by atoms with Crippen molar-refractivity contribution in [3.8, 4) is 16.9 Å². The molecule has 1 atom stereocenters. The number of rotatable bonds is 2. The van der Waals surface area contributed by atoms with Crippen molar-refractivity contribution in [3.63, 3.8) is 0 Å². The van der Waals surface area contributed by atoms with Gasteiger partial charge in [-0.15, -0.1) is 0 Å². The molecular formula is C19H21O. The quantitative estimate of drug-likeness (QED) is 0.748. The first-order chi connectivity index (χ1) is 9.56. The van der Waals surface area contributed by atoms with Crippen molar-refractivity contribution in [1.82, 2.24) is 0 Å². The van der Waals surface area contributed by atoms with E-state index >= 15 is 0 Å². The third-order valence-corrected chi connectivity index (χ3v) is 4.02. The first-order valence-electron chi connectivity index (χ1n) is 7.29. The van der Waals surface area contributed by atoms with E-state index in [1.165, 1.54) is 27.8 Å². The Bertz CT molecular complexity index is 640. The van der Waals surface area contributed by atoms with E-state index in [0.717, 1.165) is 12.2 Å². The molecule has 1 radical (unpaired) electrons. The van der Waals surface area contributed by atoms with Gasteiger partial charge >= 0.3 is 0 Å². The lowest BCUT2D eigenvalue weighted by Crippen LogP contribution is -2.06. The Morgan fingerprint density at radius 1 is 1.15 bits per heavy atom. The highest BCUT2D eigenvalue weighted by atomic mass is 16.5. The third kappa shape index (κ3) is 2.22. The van der Waals surface area contributed by atoms with Gasteiger partial charge in [0.05, 0.1) is 0 Å². The Balaban J connectivity index is 2.22. The molecule has 1 aliphatic rings. The van der Waals surface area contributed by atoms with E-state index in [2.05, 4.69) is 64.1 Å². The van der Waals surface area contributed by atoms with E-state index in [1.807, 2.05) is 0 Å². The molecule has 103 valence electrons. The van der Waals surface area contributed by atoms with Crippen LogP contribution in [0.4, 0.5) is 0 Å². The molecule has 0 aromatic heterocycles. The van der Waals surface area contributed by atoms with Crippen molar-refractivity contribution in [2.75, 3.05) is 0 Å². The highest BCUT2D eigenvalue weighted by molar-refractivity contribution is 5.76. The maximum absolute atomic E-state index is 5.97. The molecule has 0 amide bonds. The SMILES string of the molecule is [CH2]C1Cc2cc(C(C)C)cc(-c3ccccc3C)c2O1. The molecule has 0 saturated carbocycles. The molecule has 3 rings (SSSR count). The molecule has 1 aliphatic heterocycles. The largest absolute Gasteiger partial charge is 0.489 e. The molecule has 0 bridgehead atoms. The summed E-state index contributed by atoms with van der Waals surface area (Å²) in [5.74, 6) is 1.55. The first-order valence-corrected chi connectivity index (χ1v) is 7.29. The van der Waals surface area contributed by atoms with Crippen LogP contribution in [0.3, 0.4) is 0 Å². The van der Waals surface area contributed by atoms with Gasteiger partial charge in [0.1, 0.15) is 11.9 Å². The number of hydrogen-bond acceptors (Lipinski definition) is 1. The Morgan fingerprint density at radius 3 is 2.60 bits per heavy atom. The second-order valence-electron chi connectivity index (χ2n) is 5.97. The highest BCUT2D eigenvalue weighted by Gasteiger charge is 2.24. The van der Waals surface area contributed by atoms with Gasteiger partial charge in [-0.1, -0.05) is 44.2 Å². The van der Waals surface area contributed by atoms with Crippen LogP contribution in [0.15, 0.2) is 36.4 Å². The van der Waals surface area contributed by atoms with E-state index in [9.17, 15) is 0 Å². The van der Waals surface area contributed by atoms with Crippen LogP contribution in [0.2, 0.25) is 0 Å². The van der Waals surface area contributed by atoms with Crippen molar-refractivity contribution >= 4 is 0 Å². The molecule has 1 nitrogen and oxygen atoms in total. The van der Waals surface area contributed by atoms with Crippen LogP contribution in [0.1, 0.15) is 36.5 Å². The Labute approximate surface area is 121 Å². The lowest BCUT2D eigenvalue weighted by Gasteiger charge is -2.15. The monoisotopic (exact) mass is 265 g/mol. The number of ether oxygens (including phenoxy) is 1. The van der Waals surface area contributed by atoms with Gasteiger partial charge in [0.2, 0.25) is 0 Å². The van der Waals surface area contributed by atoms with Gasteiger partial charge in [-0.25, -0.2) is 0 Å². The fourth-order valence-electron chi connectivity index (χ4n) is 2.87. The van der Waals surface area contributed by atoms with Crippen molar-refractivity contribution in [3.05, 3.63) is 60.0 Å². The smallest absolute Gasteiger partial charge is 0.130 e. The molecule has 1 heterocycles. The van der Waals surface area contributed by atoms with Crippen molar-refractivity contribution in [2.24, 2.45) is 0 Å². The summed E-state index contributed by atoms with van der Waals surface area (Å²) in [5, 5.41) is 0. The average molecular weight is 265 g/mol. The predicted molar refractivity (Wildman–Crippen MR) is 84.2 cm³/mol. The van der Waals surface area contributed by atoms with E-state index in [-0.39, 0.29) is 6.10 Å². The number of fused-ring (bicyclic) bond motifs is 1. The highest BCUT2D eigenvalue weighted by Crippen LogP contribution is 2.42. The average Bonchev–Trinajstić information content (AvgIpc) is 2.78. The number of benzene rings is 2. The summed E-state index contributed by atoms with van der Waals surface area (Å²) >= 11 is 0. The summed E-state index contributed by atoms with van der Waals surface area (Å²) in [7, 11) is 0. The van der Waals surface area contributed by atoms with Crippen LogP contribution in [-0.4, -0.2) is 6.10 Å². The molecule has 1 unspecified atom stereocenters. The zero-order valence-corrected chi connectivity index (χ0v) is 12.4. The maximum atomic E-state index is 5.97. The summed E-state index contributed by atoms with van der Waals surface area (Å²) in [4.78, 5) is 0. The lowest BCUT2D eigenvalue weighted by molar-refractivity contribution is 0.282. The second-order valence-corrected chi connectivity index (χ2v) is 5.97. The van der Waals surface area contributed by atoms with Gasteiger partial charge in [0, 0.05) is 12.0 Å². The fraction of sp³-hybridized carbons (Fsp3) is 0.316. The van der Waals surface area contributed by atoms with Gasteiger partial charge in [0.25, 0.3) is 0 Å². The molecular weight excluding hydrogens is 244 g/mol. The van der Waals surface area contributed by atoms with Gasteiger partial charge in [0.15, 0.2) is 0 Å². The van der Waals surface area contributed by atoms with Crippen molar-refractivity contribution < 1.29 is 4.74 Å². The first kappa shape index (κ1) is 13.2. The second kappa shape index (κ2) is 4.97. The zero-order valence-electron chi connectivity index (χ0n) is 12.4. The fourth-order valence-corrected chi connectivity index (χ4v) is 2.87. The van der Waals surface area contributed by atoms with E-state index in [0.29, 0.717) is 5.92 Å². The van der Waals surface area contributed by atoms with Crippen LogP contribution < -0.4 is 4.74 Å². The molecule has 20 heavy (non-hydrogen) atoms. The zero-order chi connectivity index (χ0) is 14.3. The minimum Gasteiger partial charge on any atom is -0.489 e. The normalized spacial score (nSPS) is 17.1. The van der Waals surface area contributed by atoms with Gasteiger partial charge in [-0.2, -0.15) is 0 Å². The molecule has 0 N–H and O–H groups in total. The topological polar surface area (TPSA) is 9.23 Å². The molecule has 0 fully saturated rings. The minimum atomic E-state index is 0.0372. The van der Waals surface area contributed by atoms with Gasteiger partial charge in [-0.3, -0.25) is 0 Å². The van der Waals surface area contributed by atoms with Crippen LogP contribution in [0.25, 0.3) is 11.1 Å². The number of hydrogen-bond donors (Lipinski definition) is 0. The van der Waals surface area contributed by atoms with E-state index in [4.69, 9.17) is 4.74 Å². The van der Waals surface area contributed by atoms with Crippen LogP contribution in [-0.2, 0) is 6.42 Å². The van der Waals surface area contributed by atoms with Crippen molar-refractivity contribution in [2.45, 2.75) is 39.2 Å². The minimum absolute atomic E-state index is 0.0372. The summed E-state index contributed by atoms with van der Waals surface area (Å²) < 4.78 is 5.97. The third-order valence-electron chi connectivity index (χ3n) is 4.02. The maximum Gasteiger partial charge on any atom is 0.130 e. The van der Waals surface area contributed by atoms with Crippen LogP contribution >= 0.6 is 0 Å². The molecule has 2 aromatic rings. The Morgan fingerprint density at radius 2 is 1.90 bits per heavy atom. The summed E-state index contributed by atoms with van der Waals surface area (Å²) in [6.45, 7) is 10.7. The van der Waals surface area contributed by atoms with E-state index < -0.39 is 0 Å².